The summed E-state index contributed by atoms with van der Waals surface area (Å²) in [5.74, 6) is 0.941. The number of rotatable bonds is 1. The molecular formula is C14H10Cl2O. The highest BCUT2D eigenvalue weighted by atomic mass is 35.5. The molecule has 0 N–H and O–H groups in total. The Morgan fingerprint density at radius 3 is 2.59 bits per heavy atom. The SMILES string of the molecule is Clc1cccc(-c2cccc3c2OCC3)c1Cl. The van der Waals surface area contributed by atoms with Gasteiger partial charge in [0.2, 0.25) is 0 Å². The molecule has 0 spiro atoms. The second-order valence-electron chi connectivity index (χ2n) is 3.99. The molecule has 1 aliphatic rings. The average Bonchev–Trinajstić information content (AvgIpc) is 2.81. The number of fused-ring (bicyclic) bond motifs is 1. The highest BCUT2D eigenvalue weighted by molar-refractivity contribution is 6.43. The number of para-hydroxylation sites is 1. The molecule has 86 valence electrons. The summed E-state index contributed by atoms with van der Waals surface area (Å²) < 4.78 is 5.68. The van der Waals surface area contributed by atoms with Crippen LogP contribution in [0.4, 0.5) is 0 Å². The Balaban J connectivity index is 2.23. The minimum Gasteiger partial charge on any atom is -0.492 e. The van der Waals surface area contributed by atoms with E-state index in [1.165, 1.54) is 5.56 Å². The van der Waals surface area contributed by atoms with Crippen LogP contribution in [0.15, 0.2) is 36.4 Å². The van der Waals surface area contributed by atoms with Crippen LogP contribution in [0, 0.1) is 0 Å². The molecule has 0 radical (unpaired) electrons. The Labute approximate surface area is 110 Å². The zero-order chi connectivity index (χ0) is 11.8. The van der Waals surface area contributed by atoms with Gasteiger partial charge in [-0.3, -0.25) is 0 Å². The molecule has 0 saturated heterocycles. The molecule has 0 unspecified atom stereocenters. The Morgan fingerprint density at radius 1 is 0.941 bits per heavy atom. The summed E-state index contributed by atoms with van der Waals surface area (Å²) in [6, 6.07) is 11.8. The van der Waals surface area contributed by atoms with E-state index in [4.69, 9.17) is 27.9 Å². The molecule has 0 aliphatic carbocycles. The Hall–Kier alpha value is -1.18. The van der Waals surface area contributed by atoms with E-state index in [-0.39, 0.29) is 0 Å². The van der Waals surface area contributed by atoms with Gasteiger partial charge in [-0.1, -0.05) is 53.5 Å². The van der Waals surface area contributed by atoms with Crippen LogP contribution in [-0.2, 0) is 6.42 Å². The van der Waals surface area contributed by atoms with E-state index < -0.39 is 0 Å². The van der Waals surface area contributed by atoms with E-state index in [1.54, 1.807) is 6.07 Å². The summed E-state index contributed by atoms with van der Waals surface area (Å²) in [4.78, 5) is 0. The lowest BCUT2D eigenvalue weighted by Gasteiger charge is -2.10. The van der Waals surface area contributed by atoms with Crippen LogP contribution in [-0.4, -0.2) is 6.61 Å². The molecule has 1 aliphatic heterocycles. The van der Waals surface area contributed by atoms with Crippen molar-refractivity contribution >= 4 is 23.2 Å². The second kappa shape index (κ2) is 4.25. The molecule has 0 bridgehead atoms. The fraction of sp³-hybridized carbons (Fsp3) is 0.143. The van der Waals surface area contributed by atoms with Crippen molar-refractivity contribution in [1.82, 2.24) is 0 Å². The third-order valence-corrected chi connectivity index (χ3v) is 3.78. The molecule has 17 heavy (non-hydrogen) atoms. The smallest absolute Gasteiger partial charge is 0.130 e. The predicted molar refractivity (Wildman–Crippen MR) is 71.1 cm³/mol. The summed E-state index contributed by atoms with van der Waals surface area (Å²) >= 11 is 12.3. The van der Waals surface area contributed by atoms with Crippen LogP contribution in [0.2, 0.25) is 10.0 Å². The van der Waals surface area contributed by atoms with Gasteiger partial charge in [-0.25, -0.2) is 0 Å². The van der Waals surface area contributed by atoms with Gasteiger partial charge in [0.25, 0.3) is 0 Å². The lowest BCUT2D eigenvalue weighted by atomic mass is 10.0. The molecule has 0 atom stereocenters. The summed E-state index contributed by atoms with van der Waals surface area (Å²) in [5.41, 5.74) is 3.18. The molecule has 0 saturated carbocycles. The van der Waals surface area contributed by atoms with Gasteiger partial charge in [0.15, 0.2) is 0 Å². The summed E-state index contributed by atoms with van der Waals surface area (Å²) in [6.07, 6.45) is 0.960. The van der Waals surface area contributed by atoms with Gasteiger partial charge in [0.05, 0.1) is 16.7 Å². The number of ether oxygens (including phenoxy) is 1. The molecule has 3 heteroatoms. The Kier molecular flexibility index (Phi) is 2.73. The summed E-state index contributed by atoms with van der Waals surface area (Å²) in [6.45, 7) is 0.741. The largest absolute Gasteiger partial charge is 0.492 e. The molecule has 0 amide bonds. The highest BCUT2D eigenvalue weighted by Gasteiger charge is 2.18. The molecule has 3 rings (SSSR count). The van der Waals surface area contributed by atoms with Crippen molar-refractivity contribution in [2.24, 2.45) is 0 Å². The fourth-order valence-electron chi connectivity index (χ4n) is 2.14. The Bertz CT molecular complexity index is 578. The molecule has 1 nitrogen and oxygen atoms in total. The molecule has 0 aromatic heterocycles. The fourth-order valence-corrected chi connectivity index (χ4v) is 2.54. The van der Waals surface area contributed by atoms with Crippen molar-refractivity contribution < 1.29 is 4.74 Å². The lowest BCUT2D eigenvalue weighted by molar-refractivity contribution is 0.358. The van der Waals surface area contributed by atoms with Gasteiger partial charge in [0.1, 0.15) is 5.75 Å². The van der Waals surface area contributed by atoms with Gasteiger partial charge in [-0.2, -0.15) is 0 Å². The normalized spacial score (nSPS) is 13.3. The van der Waals surface area contributed by atoms with Crippen LogP contribution in [0.3, 0.4) is 0 Å². The van der Waals surface area contributed by atoms with Crippen LogP contribution in [0.25, 0.3) is 11.1 Å². The number of benzene rings is 2. The van der Waals surface area contributed by atoms with E-state index >= 15 is 0 Å². The minimum absolute atomic E-state index is 0.569. The summed E-state index contributed by atoms with van der Waals surface area (Å²) in [5, 5.41) is 1.15. The summed E-state index contributed by atoms with van der Waals surface area (Å²) in [7, 11) is 0. The first kappa shape index (κ1) is 10.9. The maximum atomic E-state index is 6.24. The van der Waals surface area contributed by atoms with Crippen LogP contribution >= 0.6 is 23.2 Å². The minimum atomic E-state index is 0.569. The second-order valence-corrected chi connectivity index (χ2v) is 4.78. The van der Waals surface area contributed by atoms with Gasteiger partial charge < -0.3 is 4.74 Å². The molecule has 2 aromatic rings. The van der Waals surface area contributed by atoms with E-state index in [0.29, 0.717) is 10.0 Å². The number of hydrogen-bond donors (Lipinski definition) is 0. The van der Waals surface area contributed by atoms with Crippen molar-refractivity contribution in [1.29, 1.82) is 0 Å². The van der Waals surface area contributed by atoms with Crippen LogP contribution < -0.4 is 4.74 Å². The zero-order valence-corrected chi connectivity index (χ0v) is 10.6. The van der Waals surface area contributed by atoms with Crippen LogP contribution in [0.5, 0.6) is 5.75 Å². The first-order valence-electron chi connectivity index (χ1n) is 5.46. The van der Waals surface area contributed by atoms with Crippen molar-refractivity contribution in [2.45, 2.75) is 6.42 Å². The third-order valence-electron chi connectivity index (χ3n) is 2.96. The van der Waals surface area contributed by atoms with E-state index in [1.807, 2.05) is 24.3 Å². The Morgan fingerprint density at radius 2 is 1.71 bits per heavy atom. The highest BCUT2D eigenvalue weighted by Crippen LogP contribution is 2.41. The predicted octanol–water partition coefficient (Wildman–Crippen LogP) is 4.60. The van der Waals surface area contributed by atoms with E-state index in [2.05, 4.69) is 6.07 Å². The topological polar surface area (TPSA) is 9.23 Å². The number of halogens is 2. The molecular weight excluding hydrogens is 255 g/mol. The van der Waals surface area contributed by atoms with E-state index in [9.17, 15) is 0 Å². The molecule has 0 fully saturated rings. The maximum absolute atomic E-state index is 6.24. The monoisotopic (exact) mass is 264 g/mol. The molecule has 2 aromatic carbocycles. The maximum Gasteiger partial charge on any atom is 0.130 e. The van der Waals surface area contributed by atoms with Crippen molar-refractivity contribution in [3.05, 3.63) is 52.0 Å². The van der Waals surface area contributed by atoms with Crippen molar-refractivity contribution in [3.8, 4) is 16.9 Å². The van der Waals surface area contributed by atoms with Gasteiger partial charge in [-0.15, -0.1) is 0 Å². The standard InChI is InChI=1S/C14H10Cl2O/c15-12-6-2-4-10(13(12)16)11-5-1-3-9-7-8-17-14(9)11/h1-6H,7-8H2. The van der Waals surface area contributed by atoms with Crippen molar-refractivity contribution in [3.63, 3.8) is 0 Å². The zero-order valence-electron chi connectivity index (χ0n) is 9.04. The van der Waals surface area contributed by atoms with Crippen molar-refractivity contribution in [2.75, 3.05) is 6.61 Å². The number of hydrogen-bond acceptors (Lipinski definition) is 1. The van der Waals surface area contributed by atoms with E-state index in [0.717, 1.165) is 29.9 Å². The lowest BCUT2D eigenvalue weighted by Crippen LogP contribution is -1.89. The first-order chi connectivity index (χ1) is 8.27. The quantitative estimate of drug-likeness (QED) is 0.732. The molecule has 1 heterocycles. The van der Waals surface area contributed by atoms with Gasteiger partial charge in [0, 0.05) is 17.5 Å². The van der Waals surface area contributed by atoms with Crippen LogP contribution in [0.1, 0.15) is 5.56 Å². The average molecular weight is 265 g/mol. The first-order valence-corrected chi connectivity index (χ1v) is 6.22. The van der Waals surface area contributed by atoms with Gasteiger partial charge >= 0.3 is 0 Å². The third kappa shape index (κ3) is 1.80. The van der Waals surface area contributed by atoms with Gasteiger partial charge in [-0.05, 0) is 11.6 Å².